The van der Waals surface area contributed by atoms with Gasteiger partial charge in [0, 0.05) is 16.6 Å². The largest absolute Gasteiger partial charge is 0.496 e. The minimum Gasteiger partial charge on any atom is -0.496 e. The minimum atomic E-state index is 0.321. The van der Waals surface area contributed by atoms with Gasteiger partial charge in [0.2, 0.25) is 0 Å². The smallest absolute Gasteiger partial charge is 0.125 e. The molecule has 0 saturated heterocycles. The number of benzene rings is 1. The van der Waals surface area contributed by atoms with Gasteiger partial charge in [0.25, 0.3) is 0 Å². The Morgan fingerprint density at radius 3 is 2.61 bits per heavy atom. The van der Waals surface area contributed by atoms with Crippen LogP contribution in [0.2, 0.25) is 5.02 Å². The van der Waals surface area contributed by atoms with E-state index in [0.717, 1.165) is 12.3 Å². The van der Waals surface area contributed by atoms with E-state index in [1.54, 1.807) is 7.11 Å². The lowest BCUT2D eigenvalue weighted by atomic mass is 9.90. The van der Waals surface area contributed by atoms with Crippen molar-refractivity contribution in [2.24, 2.45) is 5.92 Å². The van der Waals surface area contributed by atoms with E-state index >= 15 is 0 Å². The number of hydrogen-bond donors (Lipinski definition) is 1. The molecule has 18 heavy (non-hydrogen) atoms. The molecule has 1 aromatic carbocycles. The molecule has 0 aliphatic carbocycles. The van der Waals surface area contributed by atoms with Crippen LogP contribution in [0.25, 0.3) is 0 Å². The van der Waals surface area contributed by atoms with Gasteiger partial charge in [0.1, 0.15) is 5.75 Å². The third-order valence-corrected chi connectivity index (χ3v) is 3.50. The maximum absolute atomic E-state index is 6.02. The Hall–Kier alpha value is -0.730. The topological polar surface area (TPSA) is 21.3 Å². The highest BCUT2D eigenvalue weighted by Crippen LogP contribution is 2.33. The summed E-state index contributed by atoms with van der Waals surface area (Å²) in [4.78, 5) is 0. The van der Waals surface area contributed by atoms with E-state index < -0.39 is 0 Å². The normalized spacial score (nSPS) is 14.3. The van der Waals surface area contributed by atoms with Crippen molar-refractivity contribution in [3.63, 3.8) is 0 Å². The van der Waals surface area contributed by atoms with Crippen molar-refractivity contribution in [3.05, 3.63) is 28.8 Å². The maximum atomic E-state index is 6.02. The first kappa shape index (κ1) is 15.3. The van der Waals surface area contributed by atoms with Gasteiger partial charge in [-0.15, -0.1) is 0 Å². The Morgan fingerprint density at radius 2 is 2.06 bits per heavy atom. The van der Waals surface area contributed by atoms with Gasteiger partial charge < -0.3 is 10.1 Å². The Balaban J connectivity index is 3.04. The first-order valence-electron chi connectivity index (χ1n) is 6.70. The van der Waals surface area contributed by atoms with Crippen LogP contribution in [0.5, 0.6) is 5.75 Å². The molecule has 0 fully saturated rings. The van der Waals surface area contributed by atoms with Crippen molar-refractivity contribution in [1.29, 1.82) is 0 Å². The van der Waals surface area contributed by atoms with E-state index in [1.807, 2.05) is 12.1 Å². The van der Waals surface area contributed by atoms with Crippen molar-refractivity contribution in [2.45, 2.75) is 39.7 Å². The Morgan fingerprint density at radius 1 is 1.33 bits per heavy atom. The van der Waals surface area contributed by atoms with Crippen LogP contribution in [0.3, 0.4) is 0 Å². The molecule has 2 unspecified atom stereocenters. The van der Waals surface area contributed by atoms with Gasteiger partial charge in [-0.1, -0.05) is 44.9 Å². The average molecular weight is 270 g/mol. The number of halogens is 1. The van der Waals surface area contributed by atoms with E-state index in [0.29, 0.717) is 17.0 Å². The molecule has 0 saturated carbocycles. The number of methoxy groups -OCH3 is 1. The fraction of sp³-hybridized carbons (Fsp3) is 0.600. The lowest BCUT2D eigenvalue weighted by molar-refractivity contribution is 0.346. The van der Waals surface area contributed by atoms with E-state index in [4.69, 9.17) is 16.3 Å². The summed E-state index contributed by atoms with van der Waals surface area (Å²) in [5, 5.41) is 4.27. The summed E-state index contributed by atoms with van der Waals surface area (Å²) in [5.41, 5.74) is 1.20. The van der Waals surface area contributed by atoms with Crippen molar-refractivity contribution >= 4 is 11.6 Å². The first-order chi connectivity index (χ1) is 8.63. The second-order valence-electron chi connectivity index (χ2n) is 4.69. The fourth-order valence-electron chi connectivity index (χ4n) is 2.40. The summed E-state index contributed by atoms with van der Waals surface area (Å²) in [5.74, 6) is 1.45. The maximum Gasteiger partial charge on any atom is 0.125 e. The molecule has 3 heteroatoms. The van der Waals surface area contributed by atoms with Crippen molar-refractivity contribution in [1.82, 2.24) is 5.32 Å². The molecule has 1 rings (SSSR count). The quantitative estimate of drug-likeness (QED) is 0.790. The molecule has 0 aromatic heterocycles. The summed E-state index contributed by atoms with van der Waals surface area (Å²) < 4.78 is 5.46. The Kier molecular flexibility index (Phi) is 6.51. The number of ether oxygens (including phenoxy) is 1. The van der Waals surface area contributed by atoms with Crippen LogP contribution in [0.15, 0.2) is 18.2 Å². The highest BCUT2D eigenvalue weighted by molar-refractivity contribution is 6.30. The monoisotopic (exact) mass is 269 g/mol. The Labute approximate surface area is 116 Å². The van der Waals surface area contributed by atoms with Crippen LogP contribution < -0.4 is 10.1 Å². The second-order valence-corrected chi connectivity index (χ2v) is 5.12. The molecule has 0 amide bonds. The number of rotatable bonds is 7. The summed E-state index contributed by atoms with van der Waals surface area (Å²) in [6.07, 6.45) is 2.39. The van der Waals surface area contributed by atoms with Crippen molar-refractivity contribution in [3.8, 4) is 5.75 Å². The first-order valence-corrected chi connectivity index (χ1v) is 7.08. The van der Waals surface area contributed by atoms with Crippen LogP contribution in [-0.4, -0.2) is 13.7 Å². The molecule has 0 bridgehead atoms. The lowest BCUT2D eigenvalue weighted by Gasteiger charge is -2.26. The van der Waals surface area contributed by atoms with Gasteiger partial charge in [-0.3, -0.25) is 0 Å². The third kappa shape index (κ3) is 3.89. The molecule has 0 aliphatic rings. The molecular formula is C15H24ClNO. The standard InChI is InChI=1S/C15H24ClNO/c1-5-7-11(3)15(17-6-2)13-9-8-12(16)10-14(13)18-4/h8-11,15,17H,5-7H2,1-4H3. The fourth-order valence-corrected chi connectivity index (χ4v) is 2.56. The molecule has 0 spiro atoms. The van der Waals surface area contributed by atoms with Crippen molar-refractivity contribution in [2.75, 3.05) is 13.7 Å². The van der Waals surface area contributed by atoms with Gasteiger partial charge in [-0.25, -0.2) is 0 Å². The van der Waals surface area contributed by atoms with Crippen LogP contribution in [0.4, 0.5) is 0 Å². The van der Waals surface area contributed by atoms with E-state index in [1.165, 1.54) is 18.4 Å². The van der Waals surface area contributed by atoms with Gasteiger partial charge in [0.15, 0.2) is 0 Å². The third-order valence-electron chi connectivity index (χ3n) is 3.27. The predicted octanol–water partition coefficient (Wildman–Crippen LogP) is 4.44. The summed E-state index contributed by atoms with van der Waals surface area (Å²) in [6.45, 7) is 7.59. The highest BCUT2D eigenvalue weighted by atomic mass is 35.5. The molecule has 1 aromatic rings. The highest BCUT2D eigenvalue weighted by Gasteiger charge is 2.21. The molecule has 102 valence electrons. The van der Waals surface area contributed by atoms with Gasteiger partial charge in [-0.05, 0) is 31.0 Å². The molecule has 2 nitrogen and oxygen atoms in total. The number of nitrogens with one attached hydrogen (secondary N) is 1. The second kappa shape index (κ2) is 7.65. The van der Waals surface area contributed by atoms with Crippen LogP contribution in [-0.2, 0) is 0 Å². The van der Waals surface area contributed by atoms with Gasteiger partial charge in [-0.2, -0.15) is 0 Å². The summed E-state index contributed by atoms with van der Waals surface area (Å²) >= 11 is 6.02. The van der Waals surface area contributed by atoms with Crippen molar-refractivity contribution < 1.29 is 4.74 Å². The van der Waals surface area contributed by atoms with E-state index in [-0.39, 0.29) is 0 Å². The molecule has 0 radical (unpaired) electrons. The lowest BCUT2D eigenvalue weighted by Crippen LogP contribution is -2.27. The van der Waals surface area contributed by atoms with Crippen LogP contribution in [0, 0.1) is 5.92 Å². The van der Waals surface area contributed by atoms with Gasteiger partial charge in [0.05, 0.1) is 7.11 Å². The molecular weight excluding hydrogens is 246 g/mol. The molecule has 0 aliphatic heterocycles. The minimum absolute atomic E-state index is 0.321. The zero-order valence-electron chi connectivity index (χ0n) is 11.8. The summed E-state index contributed by atoms with van der Waals surface area (Å²) in [6, 6.07) is 6.21. The molecule has 0 heterocycles. The number of hydrogen-bond acceptors (Lipinski definition) is 2. The zero-order chi connectivity index (χ0) is 13.5. The molecule has 1 N–H and O–H groups in total. The average Bonchev–Trinajstić information content (AvgIpc) is 2.36. The zero-order valence-corrected chi connectivity index (χ0v) is 12.6. The van der Waals surface area contributed by atoms with E-state index in [2.05, 4.69) is 32.2 Å². The van der Waals surface area contributed by atoms with Crippen LogP contribution >= 0.6 is 11.6 Å². The summed E-state index contributed by atoms with van der Waals surface area (Å²) in [7, 11) is 1.70. The van der Waals surface area contributed by atoms with E-state index in [9.17, 15) is 0 Å². The Bertz CT molecular complexity index is 368. The SMILES string of the molecule is CCCC(C)C(NCC)c1ccc(Cl)cc1OC. The van der Waals surface area contributed by atoms with Gasteiger partial charge >= 0.3 is 0 Å². The molecule has 2 atom stereocenters. The van der Waals surface area contributed by atoms with Crippen LogP contribution in [0.1, 0.15) is 45.2 Å². The predicted molar refractivity (Wildman–Crippen MR) is 78.5 cm³/mol.